The molecule has 186 valence electrons. The first-order valence-corrected chi connectivity index (χ1v) is 13.5. The molecule has 0 spiro atoms. The summed E-state index contributed by atoms with van der Waals surface area (Å²) in [4.78, 5) is 28.2. The van der Waals surface area contributed by atoms with Gasteiger partial charge in [0.15, 0.2) is 0 Å². The summed E-state index contributed by atoms with van der Waals surface area (Å²) < 4.78 is 24.9. The molecule has 2 aromatic rings. The fourth-order valence-corrected chi connectivity index (χ4v) is 3.81. The van der Waals surface area contributed by atoms with Gasteiger partial charge in [0.2, 0.25) is 21.8 Å². The summed E-state index contributed by atoms with van der Waals surface area (Å²) in [5.74, 6) is -0.306. The summed E-state index contributed by atoms with van der Waals surface area (Å²) in [6.07, 6.45) is 2.16. The largest absolute Gasteiger partial charge is 0.354 e. The van der Waals surface area contributed by atoms with Gasteiger partial charge in [0.25, 0.3) is 0 Å². The predicted octanol–water partition coefficient (Wildman–Crippen LogP) is 3.33. The monoisotopic (exact) mass is 507 g/mol. The second-order valence-corrected chi connectivity index (χ2v) is 11.4. The van der Waals surface area contributed by atoms with E-state index >= 15 is 0 Å². The van der Waals surface area contributed by atoms with Gasteiger partial charge in [-0.15, -0.1) is 0 Å². The average molecular weight is 508 g/mol. The Kier molecular flexibility index (Phi) is 10.5. The van der Waals surface area contributed by atoms with E-state index in [0.717, 1.165) is 28.1 Å². The molecule has 2 rings (SSSR count). The van der Waals surface area contributed by atoms with E-state index in [9.17, 15) is 18.0 Å². The number of hydrogen-bond acceptors (Lipinski definition) is 4. The lowest BCUT2D eigenvalue weighted by molar-refractivity contribution is -0.141. The quantitative estimate of drug-likeness (QED) is 0.477. The van der Waals surface area contributed by atoms with Crippen molar-refractivity contribution in [3.05, 3.63) is 70.7 Å². The molecule has 0 fully saturated rings. The molecule has 0 saturated heterocycles. The molecule has 9 heteroatoms. The van der Waals surface area contributed by atoms with Crippen molar-refractivity contribution in [3.8, 4) is 0 Å². The summed E-state index contributed by atoms with van der Waals surface area (Å²) in [5, 5.41) is 3.52. The Morgan fingerprint density at radius 2 is 1.62 bits per heavy atom. The van der Waals surface area contributed by atoms with Gasteiger partial charge in [-0.3, -0.25) is 9.59 Å². The number of likely N-dealkylation sites (N-methyl/N-ethyl adjacent to an activating group) is 1. The van der Waals surface area contributed by atoms with E-state index in [-0.39, 0.29) is 19.0 Å². The van der Waals surface area contributed by atoms with Crippen LogP contribution in [0.1, 0.15) is 31.4 Å². The van der Waals surface area contributed by atoms with Crippen molar-refractivity contribution in [2.24, 2.45) is 5.92 Å². The summed E-state index contributed by atoms with van der Waals surface area (Å²) in [6, 6.07) is 15.7. The number of nitrogens with one attached hydrogen (secondary N) is 1. The molecule has 1 unspecified atom stereocenters. The molecule has 2 amide bonds. The van der Waals surface area contributed by atoms with E-state index in [0.29, 0.717) is 23.9 Å². The number of sulfonamides is 1. The van der Waals surface area contributed by atoms with Crippen LogP contribution >= 0.6 is 11.6 Å². The molecule has 7 nitrogen and oxygen atoms in total. The van der Waals surface area contributed by atoms with Crippen LogP contribution in [0.5, 0.6) is 0 Å². The van der Waals surface area contributed by atoms with E-state index in [2.05, 4.69) is 19.2 Å². The smallest absolute Gasteiger partial charge is 0.243 e. The van der Waals surface area contributed by atoms with Crippen molar-refractivity contribution in [1.29, 1.82) is 0 Å². The summed E-state index contributed by atoms with van der Waals surface area (Å²) >= 11 is 6.01. The van der Waals surface area contributed by atoms with E-state index in [1.807, 2.05) is 30.3 Å². The number of nitrogens with zero attached hydrogens (tertiary/aromatic N) is 2. The highest BCUT2D eigenvalue weighted by Gasteiger charge is 2.31. The van der Waals surface area contributed by atoms with Gasteiger partial charge < -0.3 is 10.2 Å². The minimum absolute atomic E-state index is 0.142. The predicted molar refractivity (Wildman–Crippen MR) is 136 cm³/mol. The van der Waals surface area contributed by atoms with Gasteiger partial charge >= 0.3 is 0 Å². The molecule has 0 heterocycles. The van der Waals surface area contributed by atoms with Crippen LogP contribution in [-0.2, 0) is 32.6 Å². The zero-order valence-electron chi connectivity index (χ0n) is 20.2. The second kappa shape index (κ2) is 12.9. The van der Waals surface area contributed by atoms with Gasteiger partial charge in [0.05, 0.1) is 12.8 Å². The average Bonchev–Trinajstić information content (AvgIpc) is 2.77. The minimum atomic E-state index is -3.57. The third-order valence-electron chi connectivity index (χ3n) is 5.48. The summed E-state index contributed by atoms with van der Waals surface area (Å²) in [5.41, 5.74) is 1.68. The fraction of sp³-hybridized carbons (Fsp3) is 0.440. The number of carbonyl (C=O) groups excluding carboxylic acids is 2. The standard InChI is InChI=1S/C25H34ClN3O4S/c1-19(2)14-15-27-25(31)23(16-20-8-6-5-7-9-20)29(17-21-10-12-22(26)13-11-21)24(30)18-28(3)34(4,32)33/h5-13,19,23H,14-18H2,1-4H3,(H,27,31). The Hall–Kier alpha value is -2.42. The molecular weight excluding hydrogens is 474 g/mol. The fourth-order valence-electron chi connectivity index (χ4n) is 3.34. The highest BCUT2D eigenvalue weighted by molar-refractivity contribution is 7.88. The first kappa shape index (κ1) is 27.8. The minimum Gasteiger partial charge on any atom is -0.354 e. The molecular formula is C25H34ClN3O4S. The van der Waals surface area contributed by atoms with Crippen LogP contribution < -0.4 is 5.32 Å². The van der Waals surface area contributed by atoms with Crippen molar-refractivity contribution in [1.82, 2.24) is 14.5 Å². The van der Waals surface area contributed by atoms with Crippen molar-refractivity contribution in [2.75, 3.05) is 26.4 Å². The van der Waals surface area contributed by atoms with Gasteiger partial charge in [0.1, 0.15) is 6.04 Å². The Balaban J connectivity index is 2.40. The Bertz CT molecular complexity index is 1040. The van der Waals surface area contributed by atoms with Gasteiger partial charge in [-0.25, -0.2) is 8.42 Å². The van der Waals surface area contributed by atoms with Crippen LogP contribution in [-0.4, -0.2) is 61.9 Å². The van der Waals surface area contributed by atoms with Gasteiger partial charge in [-0.05, 0) is 35.6 Å². The van der Waals surface area contributed by atoms with Gasteiger partial charge in [-0.1, -0.05) is 67.9 Å². The molecule has 0 saturated carbocycles. The number of halogens is 1. The van der Waals surface area contributed by atoms with Crippen LogP contribution in [0.4, 0.5) is 0 Å². The van der Waals surface area contributed by atoms with Crippen molar-refractivity contribution < 1.29 is 18.0 Å². The molecule has 0 aliphatic carbocycles. The lowest BCUT2D eigenvalue weighted by Gasteiger charge is -2.32. The van der Waals surface area contributed by atoms with E-state index in [4.69, 9.17) is 11.6 Å². The van der Waals surface area contributed by atoms with E-state index in [1.165, 1.54) is 11.9 Å². The lowest BCUT2D eigenvalue weighted by Crippen LogP contribution is -2.53. The number of benzene rings is 2. The molecule has 2 aromatic carbocycles. The Morgan fingerprint density at radius 1 is 1.00 bits per heavy atom. The van der Waals surface area contributed by atoms with Gasteiger partial charge in [-0.2, -0.15) is 4.31 Å². The Morgan fingerprint density at radius 3 is 2.18 bits per heavy atom. The SMILES string of the molecule is CC(C)CCNC(=O)C(Cc1ccccc1)N(Cc1ccc(Cl)cc1)C(=O)CN(C)S(C)(=O)=O. The number of hydrogen-bond donors (Lipinski definition) is 1. The van der Waals surface area contributed by atoms with Crippen LogP contribution in [0.15, 0.2) is 54.6 Å². The molecule has 0 bridgehead atoms. The van der Waals surface area contributed by atoms with Crippen molar-refractivity contribution >= 4 is 33.4 Å². The summed E-state index contributed by atoms with van der Waals surface area (Å²) in [7, 11) is -2.22. The molecule has 0 radical (unpaired) electrons. The van der Waals surface area contributed by atoms with Crippen LogP contribution in [0.25, 0.3) is 0 Å². The maximum absolute atomic E-state index is 13.4. The number of carbonyl (C=O) groups is 2. The normalized spacial score (nSPS) is 12.6. The van der Waals surface area contributed by atoms with Crippen molar-refractivity contribution in [3.63, 3.8) is 0 Å². The number of amides is 2. The first-order valence-electron chi connectivity index (χ1n) is 11.2. The van der Waals surface area contributed by atoms with E-state index in [1.54, 1.807) is 24.3 Å². The lowest BCUT2D eigenvalue weighted by atomic mass is 10.0. The molecule has 0 aromatic heterocycles. The molecule has 34 heavy (non-hydrogen) atoms. The van der Waals surface area contributed by atoms with Crippen LogP contribution in [0.3, 0.4) is 0 Å². The third-order valence-corrected chi connectivity index (χ3v) is 7.00. The third kappa shape index (κ3) is 9.08. The molecule has 0 aliphatic rings. The Labute approximate surface area is 208 Å². The van der Waals surface area contributed by atoms with Crippen LogP contribution in [0, 0.1) is 5.92 Å². The number of rotatable bonds is 12. The van der Waals surface area contributed by atoms with Crippen molar-refractivity contribution in [2.45, 2.75) is 39.3 Å². The highest BCUT2D eigenvalue weighted by atomic mass is 35.5. The molecule has 1 atom stereocenters. The van der Waals surface area contributed by atoms with Gasteiger partial charge in [0, 0.05) is 31.6 Å². The molecule has 1 N–H and O–H groups in total. The van der Waals surface area contributed by atoms with E-state index < -0.39 is 22.0 Å². The maximum atomic E-state index is 13.4. The second-order valence-electron chi connectivity index (χ2n) is 8.85. The van der Waals surface area contributed by atoms with Crippen LogP contribution in [0.2, 0.25) is 5.02 Å². The maximum Gasteiger partial charge on any atom is 0.243 e. The topological polar surface area (TPSA) is 86.8 Å². The first-order chi connectivity index (χ1) is 16.0. The molecule has 0 aliphatic heterocycles. The summed E-state index contributed by atoms with van der Waals surface area (Å²) in [6.45, 7) is 4.42. The zero-order chi connectivity index (χ0) is 25.3. The highest BCUT2D eigenvalue weighted by Crippen LogP contribution is 2.17. The zero-order valence-corrected chi connectivity index (χ0v) is 21.8.